The Kier molecular flexibility index (Phi) is 6.03. The molecular weight excluding hydrogens is 226 g/mol. The van der Waals surface area contributed by atoms with E-state index >= 15 is 0 Å². The van der Waals surface area contributed by atoms with Crippen molar-refractivity contribution >= 4 is 0 Å². The van der Waals surface area contributed by atoms with Crippen LogP contribution in [0.3, 0.4) is 0 Å². The molecule has 2 rings (SSSR count). The first-order chi connectivity index (χ1) is 8.95. The fraction of sp³-hybridized carbons (Fsp3) is 0.600. The third-order valence-corrected chi connectivity index (χ3v) is 3.28. The summed E-state index contributed by atoms with van der Waals surface area (Å²) in [6.45, 7) is 4.80. The molecule has 0 radical (unpaired) electrons. The SMILES string of the molecule is c1ccc(OCCCNCC2CCOCC2)cc1. The van der Waals surface area contributed by atoms with Gasteiger partial charge in [0.15, 0.2) is 0 Å². The van der Waals surface area contributed by atoms with E-state index < -0.39 is 0 Å². The van der Waals surface area contributed by atoms with E-state index in [0.717, 1.165) is 51.0 Å². The number of ether oxygens (including phenoxy) is 2. The Morgan fingerprint density at radius 2 is 1.94 bits per heavy atom. The van der Waals surface area contributed by atoms with Crippen LogP contribution in [0.2, 0.25) is 0 Å². The van der Waals surface area contributed by atoms with Crippen molar-refractivity contribution in [1.29, 1.82) is 0 Å². The standard InChI is InChI=1S/C15H23NO2/c1-2-5-15(6-3-1)18-10-4-9-16-13-14-7-11-17-12-8-14/h1-3,5-6,14,16H,4,7-13H2. The van der Waals surface area contributed by atoms with Crippen molar-refractivity contribution in [3.8, 4) is 5.75 Å². The average Bonchev–Trinajstić information content (AvgIpc) is 2.45. The molecule has 1 aromatic rings. The normalized spacial score (nSPS) is 16.7. The second kappa shape index (κ2) is 8.11. The van der Waals surface area contributed by atoms with Crippen molar-refractivity contribution in [1.82, 2.24) is 5.32 Å². The van der Waals surface area contributed by atoms with Crippen LogP contribution in [0.1, 0.15) is 19.3 Å². The molecule has 0 saturated carbocycles. The molecule has 0 spiro atoms. The number of hydrogen-bond donors (Lipinski definition) is 1. The van der Waals surface area contributed by atoms with E-state index in [4.69, 9.17) is 9.47 Å². The van der Waals surface area contributed by atoms with Crippen molar-refractivity contribution in [2.45, 2.75) is 19.3 Å². The zero-order chi connectivity index (χ0) is 12.5. The summed E-state index contributed by atoms with van der Waals surface area (Å²) in [5, 5.41) is 3.51. The maximum atomic E-state index is 5.64. The molecule has 0 amide bonds. The Labute approximate surface area is 109 Å². The second-order valence-corrected chi connectivity index (χ2v) is 4.77. The molecule has 18 heavy (non-hydrogen) atoms. The molecule has 1 N–H and O–H groups in total. The summed E-state index contributed by atoms with van der Waals surface area (Å²) in [6.07, 6.45) is 3.46. The second-order valence-electron chi connectivity index (χ2n) is 4.77. The van der Waals surface area contributed by atoms with Crippen LogP contribution in [-0.2, 0) is 4.74 Å². The highest BCUT2D eigenvalue weighted by molar-refractivity contribution is 5.20. The van der Waals surface area contributed by atoms with E-state index in [9.17, 15) is 0 Å². The Bertz CT molecular complexity index is 310. The molecule has 1 aliphatic rings. The topological polar surface area (TPSA) is 30.5 Å². The predicted molar refractivity (Wildman–Crippen MR) is 73.0 cm³/mol. The Morgan fingerprint density at radius 3 is 2.72 bits per heavy atom. The Hall–Kier alpha value is -1.06. The lowest BCUT2D eigenvalue weighted by atomic mass is 10.0. The fourth-order valence-electron chi connectivity index (χ4n) is 2.16. The maximum absolute atomic E-state index is 5.64. The van der Waals surface area contributed by atoms with Crippen LogP contribution >= 0.6 is 0 Å². The molecule has 0 unspecified atom stereocenters. The summed E-state index contributed by atoms with van der Waals surface area (Å²) in [4.78, 5) is 0. The molecule has 1 aliphatic heterocycles. The summed E-state index contributed by atoms with van der Waals surface area (Å²) in [6, 6.07) is 9.99. The lowest BCUT2D eigenvalue weighted by Gasteiger charge is -2.22. The van der Waals surface area contributed by atoms with Gasteiger partial charge in [0.05, 0.1) is 6.61 Å². The van der Waals surface area contributed by atoms with Gasteiger partial charge in [0.2, 0.25) is 0 Å². The average molecular weight is 249 g/mol. The van der Waals surface area contributed by atoms with Crippen molar-refractivity contribution in [3.63, 3.8) is 0 Å². The number of rotatable bonds is 7. The van der Waals surface area contributed by atoms with E-state index in [1.807, 2.05) is 30.3 Å². The number of hydrogen-bond acceptors (Lipinski definition) is 3. The van der Waals surface area contributed by atoms with E-state index in [1.54, 1.807) is 0 Å². The van der Waals surface area contributed by atoms with Crippen LogP contribution in [0.25, 0.3) is 0 Å². The summed E-state index contributed by atoms with van der Waals surface area (Å²) >= 11 is 0. The van der Waals surface area contributed by atoms with Gasteiger partial charge in [-0.2, -0.15) is 0 Å². The minimum absolute atomic E-state index is 0.783. The van der Waals surface area contributed by atoms with Gasteiger partial charge in [0, 0.05) is 13.2 Å². The first-order valence-corrected chi connectivity index (χ1v) is 6.91. The molecule has 0 atom stereocenters. The molecule has 3 nitrogen and oxygen atoms in total. The van der Waals surface area contributed by atoms with E-state index in [0.29, 0.717) is 0 Å². The number of benzene rings is 1. The highest BCUT2D eigenvalue weighted by Crippen LogP contribution is 2.13. The smallest absolute Gasteiger partial charge is 0.119 e. The first-order valence-electron chi connectivity index (χ1n) is 6.91. The monoisotopic (exact) mass is 249 g/mol. The minimum atomic E-state index is 0.783. The lowest BCUT2D eigenvalue weighted by molar-refractivity contribution is 0.0663. The minimum Gasteiger partial charge on any atom is -0.494 e. The molecule has 100 valence electrons. The van der Waals surface area contributed by atoms with Crippen LogP contribution < -0.4 is 10.1 Å². The van der Waals surface area contributed by atoms with Crippen LogP contribution in [0.5, 0.6) is 5.75 Å². The summed E-state index contributed by atoms with van der Waals surface area (Å²) < 4.78 is 11.0. The van der Waals surface area contributed by atoms with Crippen LogP contribution in [0, 0.1) is 5.92 Å². The number of para-hydroxylation sites is 1. The molecule has 0 aromatic heterocycles. The van der Waals surface area contributed by atoms with Crippen molar-refractivity contribution in [2.75, 3.05) is 32.9 Å². The van der Waals surface area contributed by atoms with Crippen LogP contribution in [0.15, 0.2) is 30.3 Å². The van der Waals surface area contributed by atoms with Crippen molar-refractivity contribution in [3.05, 3.63) is 30.3 Å². The zero-order valence-corrected chi connectivity index (χ0v) is 10.9. The van der Waals surface area contributed by atoms with Gasteiger partial charge in [0.25, 0.3) is 0 Å². The third-order valence-electron chi connectivity index (χ3n) is 3.28. The maximum Gasteiger partial charge on any atom is 0.119 e. The molecule has 1 heterocycles. The van der Waals surface area contributed by atoms with Gasteiger partial charge < -0.3 is 14.8 Å². The van der Waals surface area contributed by atoms with Gasteiger partial charge in [-0.3, -0.25) is 0 Å². The zero-order valence-electron chi connectivity index (χ0n) is 10.9. The highest BCUT2D eigenvalue weighted by atomic mass is 16.5. The molecule has 0 bridgehead atoms. The molecule has 1 fully saturated rings. The van der Waals surface area contributed by atoms with Crippen LogP contribution in [0.4, 0.5) is 0 Å². The van der Waals surface area contributed by atoms with E-state index in [1.165, 1.54) is 12.8 Å². The van der Waals surface area contributed by atoms with Crippen LogP contribution in [-0.4, -0.2) is 32.9 Å². The predicted octanol–water partition coefficient (Wildman–Crippen LogP) is 2.47. The van der Waals surface area contributed by atoms with Gasteiger partial charge in [-0.1, -0.05) is 18.2 Å². The molecule has 1 saturated heterocycles. The lowest BCUT2D eigenvalue weighted by Crippen LogP contribution is -2.28. The number of nitrogens with one attached hydrogen (secondary N) is 1. The van der Waals surface area contributed by atoms with Gasteiger partial charge in [-0.05, 0) is 50.4 Å². The first kappa shape index (κ1) is 13.4. The summed E-state index contributed by atoms with van der Waals surface area (Å²) in [7, 11) is 0. The molecule has 0 aliphatic carbocycles. The van der Waals surface area contributed by atoms with Gasteiger partial charge in [-0.25, -0.2) is 0 Å². The molecular formula is C15H23NO2. The van der Waals surface area contributed by atoms with Gasteiger partial charge in [0.1, 0.15) is 5.75 Å². The molecule has 3 heteroatoms. The summed E-state index contributed by atoms with van der Waals surface area (Å²) in [5.41, 5.74) is 0. The third kappa shape index (κ3) is 5.07. The largest absolute Gasteiger partial charge is 0.494 e. The van der Waals surface area contributed by atoms with E-state index in [-0.39, 0.29) is 0 Å². The quantitative estimate of drug-likeness (QED) is 0.753. The fourth-order valence-corrected chi connectivity index (χ4v) is 2.16. The highest BCUT2D eigenvalue weighted by Gasteiger charge is 2.12. The summed E-state index contributed by atoms with van der Waals surface area (Å²) in [5.74, 6) is 1.76. The van der Waals surface area contributed by atoms with Gasteiger partial charge in [-0.15, -0.1) is 0 Å². The Morgan fingerprint density at radius 1 is 1.17 bits per heavy atom. The van der Waals surface area contributed by atoms with Gasteiger partial charge >= 0.3 is 0 Å². The molecule has 1 aromatic carbocycles. The Balaban J connectivity index is 1.46. The van der Waals surface area contributed by atoms with E-state index in [2.05, 4.69) is 5.32 Å². The van der Waals surface area contributed by atoms with Crippen molar-refractivity contribution in [2.24, 2.45) is 5.92 Å². The van der Waals surface area contributed by atoms with Crippen molar-refractivity contribution < 1.29 is 9.47 Å².